The summed E-state index contributed by atoms with van der Waals surface area (Å²) in [5.74, 6) is 0.239. The molecular formula is C23H51N5O2. The van der Waals surface area contributed by atoms with E-state index in [1.54, 1.807) is 0 Å². The Balaban J connectivity index is 4.31. The zero-order valence-corrected chi connectivity index (χ0v) is 20.5. The van der Waals surface area contributed by atoms with Gasteiger partial charge in [-0.15, -0.1) is 0 Å². The summed E-state index contributed by atoms with van der Waals surface area (Å²) in [7, 11) is 1.92. The molecule has 30 heavy (non-hydrogen) atoms. The Morgan fingerprint density at radius 3 is 2.17 bits per heavy atom. The number of nitrogens with two attached hydrogens (primary N) is 1. The molecule has 0 aliphatic heterocycles. The fourth-order valence-corrected chi connectivity index (χ4v) is 3.40. The lowest BCUT2D eigenvalue weighted by atomic mass is 9.91. The molecule has 0 aromatic rings. The highest BCUT2D eigenvalue weighted by atomic mass is 16.3. The van der Waals surface area contributed by atoms with Crippen molar-refractivity contribution in [2.45, 2.75) is 90.1 Å². The van der Waals surface area contributed by atoms with Crippen LogP contribution in [0.25, 0.3) is 0 Å². The SMILES string of the molecule is CCC(C)(CCNC(C)(CC)CCN(C)C(=O)CCCCCN)NCCNCCO. The van der Waals surface area contributed by atoms with Crippen molar-refractivity contribution in [2.75, 3.05) is 52.9 Å². The van der Waals surface area contributed by atoms with Gasteiger partial charge in [0.05, 0.1) is 6.61 Å². The molecule has 0 fully saturated rings. The first-order valence-electron chi connectivity index (χ1n) is 12.0. The van der Waals surface area contributed by atoms with E-state index in [2.05, 4.69) is 43.6 Å². The Bertz CT molecular complexity index is 438. The van der Waals surface area contributed by atoms with Gasteiger partial charge in [0.1, 0.15) is 0 Å². The first-order valence-corrected chi connectivity index (χ1v) is 12.0. The number of carbonyl (C=O) groups is 1. The highest BCUT2D eigenvalue weighted by molar-refractivity contribution is 5.75. The normalized spacial score (nSPS) is 15.6. The van der Waals surface area contributed by atoms with Gasteiger partial charge in [0, 0.05) is 50.7 Å². The number of hydrogen-bond donors (Lipinski definition) is 5. The van der Waals surface area contributed by atoms with Crippen molar-refractivity contribution in [3.8, 4) is 0 Å². The van der Waals surface area contributed by atoms with Gasteiger partial charge in [0.15, 0.2) is 0 Å². The molecule has 2 atom stereocenters. The monoisotopic (exact) mass is 429 g/mol. The zero-order chi connectivity index (χ0) is 22.9. The predicted octanol–water partition coefficient (Wildman–Crippen LogP) is 1.84. The van der Waals surface area contributed by atoms with Crippen molar-refractivity contribution < 1.29 is 9.90 Å². The zero-order valence-electron chi connectivity index (χ0n) is 20.5. The van der Waals surface area contributed by atoms with E-state index in [4.69, 9.17) is 10.8 Å². The van der Waals surface area contributed by atoms with Crippen molar-refractivity contribution in [2.24, 2.45) is 5.73 Å². The highest BCUT2D eigenvalue weighted by Crippen LogP contribution is 2.18. The molecule has 0 aliphatic carbocycles. The number of amides is 1. The summed E-state index contributed by atoms with van der Waals surface area (Å²) in [5.41, 5.74) is 5.64. The van der Waals surface area contributed by atoms with E-state index >= 15 is 0 Å². The Morgan fingerprint density at radius 1 is 0.933 bits per heavy atom. The van der Waals surface area contributed by atoms with Crippen LogP contribution in [0.4, 0.5) is 0 Å². The van der Waals surface area contributed by atoms with Gasteiger partial charge in [-0.2, -0.15) is 0 Å². The minimum Gasteiger partial charge on any atom is -0.395 e. The molecule has 0 aromatic heterocycles. The first-order chi connectivity index (χ1) is 14.3. The smallest absolute Gasteiger partial charge is 0.222 e. The predicted molar refractivity (Wildman–Crippen MR) is 128 cm³/mol. The minimum atomic E-state index is 0.0332. The lowest BCUT2D eigenvalue weighted by Crippen LogP contribution is -2.50. The lowest BCUT2D eigenvalue weighted by molar-refractivity contribution is -0.130. The molecule has 0 radical (unpaired) electrons. The average molecular weight is 430 g/mol. The summed E-state index contributed by atoms with van der Waals surface area (Å²) in [4.78, 5) is 14.2. The van der Waals surface area contributed by atoms with Crippen LogP contribution in [0.2, 0.25) is 0 Å². The van der Waals surface area contributed by atoms with E-state index in [0.717, 1.165) is 71.1 Å². The topological polar surface area (TPSA) is 103 Å². The number of nitrogens with one attached hydrogen (secondary N) is 3. The molecule has 7 nitrogen and oxygen atoms in total. The summed E-state index contributed by atoms with van der Waals surface area (Å²) in [5, 5.41) is 19.5. The largest absolute Gasteiger partial charge is 0.395 e. The Hall–Kier alpha value is -0.730. The molecule has 0 rings (SSSR count). The third kappa shape index (κ3) is 13.5. The van der Waals surface area contributed by atoms with Crippen LogP contribution in [0.1, 0.15) is 79.1 Å². The van der Waals surface area contributed by atoms with Gasteiger partial charge in [0.2, 0.25) is 5.91 Å². The molecule has 0 saturated carbocycles. The summed E-state index contributed by atoms with van der Waals surface area (Å²) < 4.78 is 0. The standard InChI is InChI=1S/C23H51N5O2/c1-6-22(3,27-17-16-25-18-20-29)12-15-26-23(4,7-2)13-19-28(5)21(30)11-9-8-10-14-24/h25-27,29H,6-20,24H2,1-5H3. The molecule has 6 N–H and O–H groups in total. The number of aliphatic hydroxyl groups excluding tert-OH is 1. The highest BCUT2D eigenvalue weighted by Gasteiger charge is 2.25. The van der Waals surface area contributed by atoms with E-state index in [9.17, 15) is 4.79 Å². The number of rotatable bonds is 20. The third-order valence-electron chi connectivity index (χ3n) is 6.45. The third-order valence-corrected chi connectivity index (χ3v) is 6.45. The molecule has 1 amide bonds. The Morgan fingerprint density at radius 2 is 1.57 bits per heavy atom. The van der Waals surface area contributed by atoms with Gasteiger partial charge in [0.25, 0.3) is 0 Å². The molecule has 0 aliphatic rings. The number of aliphatic hydroxyl groups is 1. The fraction of sp³-hybridized carbons (Fsp3) is 0.957. The van der Waals surface area contributed by atoms with Crippen LogP contribution in [0.5, 0.6) is 0 Å². The quantitative estimate of drug-likeness (QED) is 0.189. The number of carbonyl (C=O) groups excluding carboxylic acids is 1. The van der Waals surface area contributed by atoms with E-state index in [1.165, 1.54) is 0 Å². The molecule has 2 unspecified atom stereocenters. The van der Waals surface area contributed by atoms with Crippen LogP contribution in [0, 0.1) is 0 Å². The van der Waals surface area contributed by atoms with Crippen LogP contribution in [0.3, 0.4) is 0 Å². The van der Waals surface area contributed by atoms with Gasteiger partial charge in [-0.05, 0) is 65.5 Å². The van der Waals surface area contributed by atoms with Crippen molar-refractivity contribution >= 4 is 5.91 Å². The number of unbranched alkanes of at least 4 members (excludes halogenated alkanes) is 2. The van der Waals surface area contributed by atoms with Crippen molar-refractivity contribution in [3.63, 3.8) is 0 Å². The Kier molecular flexibility index (Phi) is 16.5. The molecule has 0 saturated heterocycles. The summed E-state index contributed by atoms with van der Waals surface area (Å²) >= 11 is 0. The molecule has 0 aromatic carbocycles. The molecule has 0 spiro atoms. The van der Waals surface area contributed by atoms with Crippen molar-refractivity contribution in [1.29, 1.82) is 0 Å². The second kappa shape index (κ2) is 16.9. The molecule has 7 heteroatoms. The second-order valence-electron chi connectivity index (χ2n) is 9.07. The van der Waals surface area contributed by atoms with Gasteiger partial charge in [-0.1, -0.05) is 20.3 Å². The maximum Gasteiger partial charge on any atom is 0.222 e. The molecule has 0 heterocycles. The van der Waals surface area contributed by atoms with Gasteiger partial charge >= 0.3 is 0 Å². The van der Waals surface area contributed by atoms with E-state index < -0.39 is 0 Å². The first kappa shape index (κ1) is 29.3. The van der Waals surface area contributed by atoms with Crippen molar-refractivity contribution in [1.82, 2.24) is 20.9 Å². The van der Waals surface area contributed by atoms with Gasteiger partial charge < -0.3 is 31.7 Å². The Labute approximate surface area is 185 Å². The molecule has 180 valence electrons. The van der Waals surface area contributed by atoms with E-state index in [0.29, 0.717) is 19.5 Å². The van der Waals surface area contributed by atoms with Gasteiger partial charge in [-0.3, -0.25) is 4.79 Å². The van der Waals surface area contributed by atoms with E-state index in [-0.39, 0.29) is 23.6 Å². The number of hydrogen-bond acceptors (Lipinski definition) is 6. The average Bonchev–Trinajstić information content (AvgIpc) is 2.74. The van der Waals surface area contributed by atoms with Crippen molar-refractivity contribution in [3.05, 3.63) is 0 Å². The minimum absolute atomic E-state index is 0.0332. The molecule has 0 bridgehead atoms. The van der Waals surface area contributed by atoms with Crippen LogP contribution >= 0.6 is 0 Å². The maximum atomic E-state index is 12.3. The summed E-state index contributed by atoms with van der Waals surface area (Å²) in [6.07, 6.45) is 7.70. The molecular weight excluding hydrogens is 378 g/mol. The fourth-order valence-electron chi connectivity index (χ4n) is 3.40. The van der Waals surface area contributed by atoms with Crippen LogP contribution in [-0.2, 0) is 4.79 Å². The maximum absolute atomic E-state index is 12.3. The summed E-state index contributed by atoms with van der Waals surface area (Å²) in [6, 6.07) is 0. The van der Waals surface area contributed by atoms with Crippen LogP contribution in [0.15, 0.2) is 0 Å². The summed E-state index contributed by atoms with van der Waals surface area (Å²) in [6.45, 7) is 14.0. The number of nitrogens with zero attached hydrogens (tertiary/aromatic N) is 1. The van der Waals surface area contributed by atoms with Gasteiger partial charge in [-0.25, -0.2) is 0 Å². The van der Waals surface area contributed by atoms with Crippen LogP contribution < -0.4 is 21.7 Å². The second-order valence-corrected chi connectivity index (χ2v) is 9.07. The lowest BCUT2D eigenvalue weighted by Gasteiger charge is -2.35. The van der Waals surface area contributed by atoms with Crippen LogP contribution in [-0.4, -0.2) is 79.9 Å². The van der Waals surface area contributed by atoms with E-state index in [1.807, 2.05) is 11.9 Å².